The van der Waals surface area contributed by atoms with Crippen molar-refractivity contribution >= 4 is 29.5 Å². The van der Waals surface area contributed by atoms with E-state index in [2.05, 4.69) is 10.6 Å². The Labute approximate surface area is 134 Å². The molecule has 0 unspecified atom stereocenters. The summed E-state index contributed by atoms with van der Waals surface area (Å²) in [4.78, 5) is 33.8. The Balaban J connectivity index is 2.50. The number of nitrogens with one attached hydrogen (secondary N) is 2. The van der Waals surface area contributed by atoms with Crippen molar-refractivity contribution in [1.29, 1.82) is 0 Å². The first-order chi connectivity index (χ1) is 10.5. The molecule has 0 aliphatic carbocycles. The standard InChI is InChI=1S/C15H20N2O4S/c1-10(18)11-4-5-13(21-3)12(8-11)9-22-7-6-14(19)17-15(20)16-2/h4-5,8H,6-7,9H2,1-3H3,(H2,16,17,19,20). The Bertz CT molecular complexity index is 560. The van der Waals surface area contributed by atoms with E-state index in [1.165, 1.54) is 25.7 Å². The minimum atomic E-state index is -0.508. The molecule has 3 amide bonds. The molecule has 0 saturated carbocycles. The van der Waals surface area contributed by atoms with Crippen molar-refractivity contribution in [2.45, 2.75) is 19.1 Å². The summed E-state index contributed by atoms with van der Waals surface area (Å²) in [6, 6.07) is 4.79. The molecule has 0 aromatic heterocycles. The van der Waals surface area contributed by atoms with Gasteiger partial charge in [0.15, 0.2) is 5.78 Å². The molecule has 0 atom stereocenters. The smallest absolute Gasteiger partial charge is 0.321 e. The average Bonchev–Trinajstić information content (AvgIpc) is 2.51. The zero-order chi connectivity index (χ0) is 16.5. The molecule has 0 aliphatic heterocycles. The lowest BCUT2D eigenvalue weighted by atomic mass is 10.1. The first-order valence-corrected chi connectivity index (χ1v) is 7.90. The van der Waals surface area contributed by atoms with Gasteiger partial charge in [-0.15, -0.1) is 0 Å². The molecule has 120 valence electrons. The summed E-state index contributed by atoms with van der Waals surface area (Å²) in [5.41, 5.74) is 1.54. The van der Waals surface area contributed by atoms with Crippen LogP contribution in [0.25, 0.3) is 0 Å². The Morgan fingerprint density at radius 2 is 2.00 bits per heavy atom. The first-order valence-electron chi connectivity index (χ1n) is 6.75. The van der Waals surface area contributed by atoms with Gasteiger partial charge in [0.25, 0.3) is 0 Å². The number of imide groups is 1. The highest BCUT2D eigenvalue weighted by Gasteiger charge is 2.09. The Morgan fingerprint density at radius 1 is 1.27 bits per heavy atom. The van der Waals surface area contributed by atoms with Crippen molar-refractivity contribution in [3.05, 3.63) is 29.3 Å². The van der Waals surface area contributed by atoms with Gasteiger partial charge in [0, 0.05) is 36.1 Å². The molecule has 0 heterocycles. The average molecular weight is 324 g/mol. The van der Waals surface area contributed by atoms with Gasteiger partial charge >= 0.3 is 6.03 Å². The summed E-state index contributed by atoms with van der Waals surface area (Å²) < 4.78 is 5.27. The number of benzene rings is 1. The maximum Gasteiger partial charge on any atom is 0.321 e. The summed E-state index contributed by atoms with van der Waals surface area (Å²) >= 11 is 1.54. The summed E-state index contributed by atoms with van der Waals surface area (Å²) in [6.07, 6.45) is 0.243. The van der Waals surface area contributed by atoms with Gasteiger partial charge in [-0.2, -0.15) is 11.8 Å². The third-order valence-electron chi connectivity index (χ3n) is 2.90. The number of Topliss-reactive ketones (excluding diaryl/α,β-unsaturated/α-hetero) is 1. The fraction of sp³-hybridized carbons (Fsp3) is 0.400. The van der Waals surface area contributed by atoms with E-state index in [9.17, 15) is 14.4 Å². The van der Waals surface area contributed by atoms with Crippen molar-refractivity contribution in [1.82, 2.24) is 10.6 Å². The molecule has 2 N–H and O–H groups in total. The van der Waals surface area contributed by atoms with E-state index in [-0.39, 0.29) is 18.1 Å². The summed E-state index contributed by atoms with van der Waals surface area (Å²) in [6.45, 7) is 1.52. The molecule has 22 heavy (non-hydrogen) atoms. The summed E-state index contributed by atoms with van der Waals surface area (Å²) in [5, 5.41) is 4.52. The topological polar surface area (TPSA) is 84.5 Å². The van der Waals surface area contributed by atoms with Crippen molar-refractivity contribution in [3.8, 4) is 5.75 Å². The van der Waals surface area contributed by atoms with Crippen LogP contribution >= 0.6 is 11.8 Å². The number of urea groups is 1. The van der Waals surface area contributed by atoms with Gasteiger partial charge in [0.2, 0.25) is 5.91 Å². The van der Waals surface area contributed by atoms with Crippen LogP contribution in [0.3, 0.4) is 0 Å². The number of carbonyl (C=O) groups is 3. The lowest BCUT2D eigenvalue weighted by Crippen LogP contribution is -2.37. The Kier molecular flexibility index (Phi) is 7.45. The minimum absolute atomic E-state index is 0.00106. The van der Waals surface area contributed by atoms with Gasteiger partial charge in [-0.3, -0.25) is 14.9 Å². The zero-order valence-electron chi connectivity index (χ0n) is 12.9. The molecule has 1 aromatic carbocycles. The summed E-state index contributed by atoms with van der Waals surface area (Å²) in [7, 11) is 3.03. The van der Waals surface area contributed by atoms with E-state index in [0.29, 0.717) is 22.8 Å². The van der Waals surface area contributed by atoms with Gasteiger partial charge in [-0.05, 0) is 25.1 Å². The van der Waals surface area contributed by atoms with Gasteiger partial charge in [0.1, 0.15) is 5.75 Å². The maximum absolute atomic E-state index is 11.4. The zero-order valence-corrected chi connectivity index (χ0v) is 13.7. The van der Waals surface area contributed by atoms with Crippen LogP contribution in [0.15, 0.2) is 18.2 Å². The molecule has 1 rings (SSSR count). The number of thioether (sulfide) groups is 1. The molecule has 7 heteroatoms. The largest absolute Gasteiger partial charge is 0.496 e. The van der Waals surface area contributed by atoms with Crippen molar-refractivity contribution < 1.29 is 19.1 Å². The molecule has 0 aliphatic rings. The lowest BCUT2D eigenvalue weighted by molar-refractivity contribution is -0.119. The van der Waals surface area contributed by atoms with E-state index in [1.807, 2.05) is 0 Å². The second kappa shape index (κ2) is 9.09. The molecule has 0 bridgehead atoms. The van der Waals surface area contributed by atoms with E-state index >= 15 is 0 Å². The summed E-state index contributed by atoms with van der Waals surface area (Å²) in [5.74, 6) is 1.58. The SMILES string of the molecule is CNC(=O)NC(=O)CCSCc1cc(C(C)=O)ccc1OC. The van der Waals surface area contributed by atoms with Crippen molar-refractivity contribution in [2.24, 2.45) is 0 Å². The molecule has 0 radical (unpaired) electrons. The molecule has 1 aromatic rings. The second-order valence-electron chi connectivity index (χ2n) is 4.51. The Morgan fingerprint density at radius 3 is 2.59 bits per heavy atom. The van der Waals surface area contributed by atoms with Crippen LogP contribution in [-0.2, 0) is 10.5 Å². The Hall–Kier alpha value is -2.02. The van der Waals surface area contributed by atoms with Crippen LogP contribution in [0.5, 0.6) is 5.75 Å². The van der Waals surface area contributed by atoms with Crippen LogP contribution in [0.2, 0.25) is 0 Å². The van der Waals surface area contributed by atoms with E-state index in [0.717, 1.165) is 5.56 Å². The van der Waals surface area contributed by atoms with Crippen molar-refractivity contribution in [2.75, 3.05) is 19.9 Å². The minimum Gasteiger partial charge on any atom is -0.496 e. The third-order valence-corrected chi connectivity index (χ3v) is 3.91. The first kappa shape index (κ1) is 18.0. The predicted molar refractivity (Wildman–Crippen MR) is 86.4 cm³/mol. The normalized spacial score (nSPS) is 9.95. The number of ketones is 1. The highest BCUT2D eigenvalue weighted by atomic mass is 32.2. The van der Waals surface area contributed by atoms with Gasteiger partial charge in [0.05, 0.1) is 7.11 Å². The number of methoxy groups -OCH3 is 1. The molecular formula is C15H20N2O4S. The molecule has 0 fully saturated rings. The lowest BCUT2D eigenvalue weighted by Gasteiger charge is -2.09. The van der Waals surface area contributed by atoms with E-state index in [1.54, 1.807) is 25.3 Å². The van der Waals surface area contributed by atoms with Crippen LogP contribution in [-0.4, -0.2) is 37.6 Å². The molecule has 6 nitrogen and oxygen atoms in total. The third kappa shape index (κ3) is 5.77. The van der Waals surface area contributed by atoms with E-state index < -0.39 is 6.03 Å². The maximum atomic E-state index is 11.4. The molecule has 0 spiro atoms. The predicted octanol–water partition coefficient (Wildman–Crippen LogP) is 1.98. The van der Waals surface area contributed by atoms with Crippen molar-refractivity contribution in [3.63, 3.8) is 0 Å². The van der Waals surface area contributed by atoms with Crippen LogP contribution < -0.4 is 15.4 Å². The number of hydrogen-bond donors (Lipinski definition) is 2. The van der Waals surface area contributed by atoms with E-state index in [4.69, 9.17) is 4.74 Å². The fourth-order valence-corrected chi connectivity index (χ4v) is 2.63. The van der Waals surface area contributed by atoms with Gasteiger partial charge in [-0.25, -0.2) is 4.79 Å². The number of amides is 3. The number of rotatable bonds is 7. The number of hydrogen-bond acceptors (Lipinski definition) is 5. The highest BCUT2D eigenvalue weighted by molar-refractivity contribution is 7.98. The van der Waals surface area contributed by atoms with Crippen LogP contribution in [0.1, 0.15) is 29.3 Å². The molecular weight excluding hydrogens is 304 g/mol. The second-order valence-corrected chi connectivity index (χ2v) is 5.62. The van der Waals surface area contributed by atoms with Crippen LogP contribution in [0.4, 0.5) is 4.79 Å². The number of ether oxygens (including phenoxy) is 1. The highest BCUT2D eigenvalue weighted by Crippen LogP contribution is 2.25. The van der Waals surface area contributed by atoms with Gasteiger partial charge in [-0.1, -0.05) is 0 Å². The fourth-order valence-electron chi connectivity index (χ4n) is 1.71. The number of carbonyl (C=O) groups excluding carboxylic acids is 3. The monoisotopic (exact) mass is 324 g/mol. The van der Waals surface area contributed by atoms with Gasteiger partial charge < -0.3 is 10.1 Å². The quantitative estimate of drug-likeness (QED) is 0.592. The van der Waals surface area contributed by atoms with Crippen LogP contribution in [0, 0.1) is 0 Å². The molecule has 0 saturated heterocycles.